The van der Waals surface area contributed by atoms with Gasteiger partial charge in [0.25, 0.3) is 0 Å². The second-order valence-electron chi connectivity index (χ2n) is 4.87. The van der Waals surface area contributed by atoms with Crippen LogP contribution in [-0.4, -0.2) is 52.1 Å². The van der Waals surface area contributed by atoms with Crippen molar-refractivity contribution in [3.05, 3.63) is 17.3 Å². The van der Waals surface area contributed by atoms with Gasteiger partial charge in [-0.25, -0.2) is 4.98 Å². The molecule has 1 aliphatic rings. The zero-order valence-electron chi connectivity index (χ0n) is 10.7. The smallest absolute Gasteiger partial charge is 0.195 e. The Morgan fingerprint density at radius 2 is 2.33 bits per heavy atom. The van der Waals surface area contributed by atoms with Crippen molar-refractivity contribution in [3.8, 4) is 0 Å². The lowest BCUT2D eigenvalue weighted by Crippen LogP contribution is -2.50. The Hall–Kier alpha value is -1.11. The van der Waals surface area contributed by atoms with Crippen molar-refractivity contribution in [2.24, 2.45) is 0 Å². The molecular weight excluding hydrogens is 248 g/mol. The highest BCUT2D eigenvalue weighted by molar-refractivity contribution is 7.15. The summed E-state index contributed by atoms with van der Waals surface area (Å²) in [5.74, 6) is 0.948. The maximum atomic E-state index is 9.58. The van der Waals surface area contributed by atoms with E-state index < -0.39 is 0 Å². The molecular formula is C12H18N4OS. The Morgan fingerprint density at radius 3 is 3.06 bits per heavy atom. The lowest BCUT2D eigenvalue weighted by molar-refractivity contribution is 0.232. The minimum absolute atomic E-state index is 0.0357. The molecule has 1 fully saturated rings. The highest BCUT2D eigenvalue weighted by Crippen LogP contribution is 2.26. The van der Waals surface area contributed by atoms with Gasteiger partial charge in [0.15, 0.2) is 10.8 Å². The number of fused-ring (bicyclic) bond motifs is 1. The van der Waals surface area contributed by atoms with Gasteiger partial charge in [-0.05, 0) is 14.0 Å². The first kappa shape index (κ1) is 12.0. The fourth-order valence-electron chi connectivity index (χ4n) is 2.46. The van der Waals surface area contributed by atoms with Crippen molar-refractivity contribution in [3.63, 3.8) is 0 Å². The number of rotatable bonds is 2. The van der Waals surface area contributed by atoms with Gasteiger partial charge in [0.2, 0.25) is 0 Å². The summed E-state index contributed by atoms with van der Waals surface area (Å²) in [6, 6.07) is 0.519. The molecule has 5 nitrogen and oxygen atoms in total. The maximum Gasteiger partial charge on any atom is 0.195 e. The predicted molar refractivity (Wildman–Crippen MR) is 73.3 cm³/mol. The number of aliphatic hydroxyl groups is 1. The van der Waals surface area contributed by atoms with Crippen molar-refractivity contribution in [2.75, 3.05) is 31.6 Å². The van der Waals surface area contributed by atoms with Gasteiger partial charge in [-0.3, -0.25) is 4.40 Å². The zero-order valence-corrected chi connectivity index (χ0v) is 11.5. The molecule has 0 saturated carbocycles. The van der Waals surface area contributed by atoms with E-state index in [-0.39, 0.29) is 6.61 Å². The van der Waals surface area contributed by atoms with Crippen LogP contribution in [0.25, 0.3) is 4.96 Å². The number of likely N-dealkylation sites (N-methyl/N-ethyl adjacent to an activating group) is 1. The molecule has 1 N–H and O–H groups in total. The van der Waals surface area contributed by atoms with Crippen LogP contribution in [0.1, 0.15) is 12.6 Å². The third-order valence-electron chi connectivity index (χ3n) is 3.75. The van der Waals surface area contributed by atoms with Gasteiger partial charge in [-0.1, -0.05) is 0 Å². The van der Waals surface area contributed by atoms with Crippen LogP contribution >= 0.6 is 11.3 Å². The van der Waals surface area contributed by atoms with E-state index in [1.807, 2.05) is 16.0 Å². The highest BCUT2D eigenvalue weighted by Gasteiger charge is 2.25. The number of thiazole rings is 1. The quantitative estimate of drug-likeness (QED) is 0.882. The maximum absolute atomic E-state index is 9.58. The number of aromatic nitrogens is 2. The number of aliphatic hydroxyl groups excluding tert-OH is 1. The fourth-order valence-corrected chi connectivity index (χ4v) is 3.19. The van der Waals surface area contributed by atoms with Crippen LogP contribution in [0.15, 0.2) is 11.6 Å². The lowest BCUT2D eigenvalue weighted by Gasteiger charge is -2.38. The molecule has 0 amide bonds. The van der Waals surface area contributed by atoms with Crippen molar-refractivity contribution in [1.82, 2.24) is 14.3 Å². The summed E-state index contributed by atoms with van der Waals surface area (Å²) in [4.78, 5) is 10.3. The molecule has 1 saturated heterocycles. The Morgan fingerprint density at radius 1 is 1.50 bits per heavy atom. The Kier molecular flexibility index (Phi) is 3.01. The molecule has 0 aliphatic carbocycles. The molecule has 0 spiro atoms. The molecule has 0 aromatic carbocycles. The molecule has 18 heavy (non-hydrogen) atoms. The SMILES string of the molecule is CC1CN(c2nc3sccn3c2CO)CCN1C. The number of nitrogens with zero attached hydrogens (tertiary/aromatic N) is 4. The van der Waals surface area contributed by atoms with Crippen molar-refractivity contribution >= 4 is 22.1 Å². The van der Waals surface area contributed by atoms with E-state index in [4.69, 9.17) is 0 Å². The van der Waals surface area contributed by atoms with Crippen molar-refractivity contribution < 1.29 is 5.11 Å². The average molecular weight is 266 g/mol. The van der Waals surface area contributed by atoms with Crippen molar-refractivity contribution in [1.29, 1.82) is 0 Å². The third kappa shape index (κ3) is 1.81. The minimum Gasteiger partial charge on any atom is -0.390 e. The van der Waals surface area contributed by atoms with Crippen LogP contribution in [-0.2, 0) is 6.61 Å². The Balaban J connectivity index is 1.96. The van der Waals surface area contributed by atoms with Crippen molar-refractivity contribution in [2.45, 2.75) is 19.6 Å². The van der Waals surface area contributed by atoms with Gasteiger partial charge in [0, 0.05) is 37.3 Å². The van der Waals surface area contributed by atoms with Gasteiger partial charge < -0.3 is 14.9 Å². The summed E-state index contributed by atoms with van der Waals surface area (Å²) in [6.07, 6.45) is 1.97. The van der Waals surface area contributed by atoms with E-state index in [2.05, 4.69) is 28.8 Å². The van der Waals surface area contributed by atoms with Crippen LogP contribution in [0.4, 0.5) is 5.82 Å². The monoisotopic (exact) mass is 266 g/mol. The van der Waals surface area contributed by atoms with E-state index >= 15 is 0 Å². The summed E-state index contributed by atoms with van der Waals surface area (Å²) < 4.78 is 1.99. The molecule has 98 valence electrons. The lowest BCUT2D eigenvalue weighted by atomic mass is 10.2. The molecule has 6 heteroatoms. The molecule has 1 atom stereocenters. The van der Waals surface area contributed by atoms with Crippen LogP contribution < -0.4 is 4.90 Å². The third-order valence-corrected chi connectivity index (χ3v) is 4.51. The molecule has 0 bridgehead atoms. The second-order valence-corrected chi connectivity index (χ2v) is 5.74. The number of anilines is 1. The minimum atomic E-state index is 0.0357. The largest absolute Gasteiger partial charge is 0.390 e. The van der Waals surface area contributed by atoms with Gasteiger partial charge in [-0.2, -0.15) is 0 Å². The Bertz CT molecular complexity index is 549. The van der Waals surface area contributed by atoms with Crippen LogP contribution in [0.5, 0.6) is 0 Å². The second kappa shape index (κ2) is 4.53. The van der Waals surface area contributed by atoms with E-state index in [1.54, 1.807) is 11.3 Å². The average Bonchev–Trinajstić information content (AvgIpc) is 2.92. The number of hydrogen-bond donors (Lipinski definition) is 1. The first-order valence-electron chi connectivity index (χ1n) is 6.21. The molecule has 0 radical (unpaired) electrons. The molecule has 1 unspecified atom stereocenters. The molecule has 2 aromatic heterocycles. The summed E-state index contributed by atoms with van der Waals surface area (Å²) in [7, 11) is 2.15. The van der Waals surface area contributed by atoms with Gasteiger partial charge >= 0.3 is 0 Å². The topological polar surface area (TPSA) is 44.0 Å². The zero-order chi connectivity index (χ0) is 12.7. The van der Waals surface area contributed by atoms with Gasteiger partial charge in [0.05, 0.1) is 12.3 Å². The van der Waals surface area contributed by atoms with Gasteiger partial charge in [0.1, 0.15) is 0 Å². The first-order valence-corrected chi connectivity index (χ1v) is 7.09. The van der Waals surface area contributed by atoms with E-state index in [1.165, 1.54) is 0 Å². The van der Waals surface area contributed by atoms with E-state index in [0.29, 0.717) is 6.04 Å². The molecule has 3 heterocycles. The number of imidazole rings is 1. The fraction of sp³-hybridized carbons (Fsp3) is 0.583. The first-order chi connectivity index (χ1) is 8.70. The highest BCUT2D eigenvalue weighted by atomic mass is 32.1. The molecule has 2 aromatic rings. The molecule has 1 aliphatic heterocycles. The van der Waals surface area contributed by atoms with Crippen LogP contribution in [0.3, 0.4) is 0 Å². The van der Waals surface area contributed by atoms with Gasteiger partial charge in [-0.15, -0.1) is 11.3 Å². The number of hydrogen-bond acceptors (Lipinski definition) is 5. The van der Waals surface area contributed by atoms with Crippen LogP contribution in [0, 0.1) is 0 Å². The Labute approximate surface area is 110 Å². The molecule has 3 rings (SSSR count). The summed E-state index contributed by atoms with van der Waals surface area (Å²) >= 11 is 1.61. The van der Waals surface area contributed by atoms with E-state index in [0.717, 1.165) is 36.1 Å². The summed E-state index contributed by atoms with van der Waals surface area (Å²) in [6.45, 7) is 5.24. The normalized spacial score (nSPS) is 21.9. The predicted octanol–water partition coefficient (Wildman–Crippen LogP) is 1.03. The number of piperazine rings is 1. The van der Waals surface area contributed by atoms with E-state index in [9.17, 15) is 5.11 Å². The van der Waals surface area contributed by atoms with Crippen LogP contribution in [0.2, 0.25) is 0 Å². The standard InChI is InChI=1S/C12H18N4OS/c1-9-7-15(4-3-14(9)2)11-10(8-17)16-5-6-18-12(16)13-11/h5-6,9,17H,3-4,7-8H2,1-2H3. The summed E-state index contributed by atoms with van der Waals surface area (Å²) in [5, 5.41) is 11.6. The summed E-state index contributed by atoms with van der Waals surface area (Å²) in [5.41, 5.74) is 0.906.